The number of carbonyl (C=O) groups is 1. The maximum absolute atomic E-state index is 12.2. The van der Waals surface area contributed by atoms with Gasteiger partial charge in [-0.05, 0) is 48.2 Å². The van der Waals surface area contributed by atoms with Gasteiger partial charge in [0.2, 0.25) is 10.0 Å². The van der Waals surface area contributed by atoms with Gasteiger partial charge in [0.15, 0.2) is 0 Å². The molecule has 0 spiro atoms. The molecule has 1 saturated heterocycles. The summed E-state index contributed by atoms with van der Waals surface area (Å²) in [6.45, 7) is 3.46. The number of sulfonamides is 1. The Bertz CT molecular complexity index is 1110. The van der Waals surface area contributed by atoms with Gasteiger partial charge in [-0.3, -0.25) is 4.90 Å². The Kier molecular flexibility index (Phi) is 8.34. The van der Waals surface area contributed by atoms with Crippen molar-refractivity contribution in [1.82, 2.24) is 20.3 Å². The number of urea groups is 1. The van der Waals surface area contributed by atoms with Crippen molar-refractivity contribution in [2.45, 2.75) is 43.0 Å². The van der Waals surface area contributed by atoms with Gasteiger partial charge in [-0.2, -0.15) is 0 Å². The van der Waals surface area contributed by atoms with Gasteiger partial charge >= 0.3 is 6.03 Å². The normalized spacial score (nSPS) is 19.1. The number of benzene rings is 2. The minimum atomic E-state index is -3.47. The molecule has 2 aliphatic rings. The largest absolute Gasteiger partial charge is 0.374 e. The van der Waals surface area contributed by atoms with Crippen molar-refractivity contribution in [2.24, 2.45) is 0 Å². The molecule has 3 N–H and O–H groups in total. The summed E-state index contributed by atoms with van der Waals surface area (Å²) in [4.78, 5) is 14.7. The minimum Gasteiger partial charge on any atom is -0.374 e. The lowest BCUT2D eigenvalue weighted by molar-refractivity contribution is -0.0287. The molecule has 11 heteroatoms. The highest BCUT2D eigenvalue weighted by Crippen LogP contribution is 2.24. The molecule has 0 bridgehead atoms. The van der Waals surface area contributed by atoms with E-state index in [-0.39, 0.29) is 29.6 Å². The Hall–Kier alpha value is -1.88. The summed E-state index contributed by atoms with van der Waals surface area (Å²) >= 11 is 12.1. The van der Waals surface area contributed by atoms with Crippen LogP contribution in [0.25, 0.3) is 0 Å². The molecule has 0 radical (unpaired) electrons. The average molecular weight is 527 g/mol. The lowest BCUT2D eigenvalue weighted by atomic mass is 10.2. The molecule has 2 amide bonds. The number of morpholine rings is 1. The number of hydrogen-bond donors (Lipinski definition) is 3. The van der Waals surface area contributed by atoms with E-state index < -0.39 is 10.0 Å². The number of hydrogen-bond acceptors (Lipinski definition) is 5. The molecule has 1 aliphatic heterocycles. The quantitative estimate of drug-likeness (QED) is 0.466. The highest BCUT2D eigenvalue weighted by Gasteiger charge is 2.27. The molecule has 1 heterocycles. The third-order valence-electron chi connectivity index (χ3n) is 5.69. The molecule has 1 atom stereocenters. The van der Waals surface area contributed by atoms with Crippen LogP contribution in [-0.4, -0.2) is 57.7 Å². The molecular formula is C23H28Cl2N4O4S. The summed E-state index contributed by atoms with van der Waals surface area (Å²) in [5.41, 5.74) is 1.88. The number of ether oxygens (including phenoxy) is 1. The Balaban J connectivity index is 1.19. The van der Waals surface area contributed by atoms with Crippen molar-refractivity contribution in [1.29, 1.82) is 0 Å². The molecular weight excluding hydrogens is 499 g/mol. The summed E-state index contributed by atoms with van der Waals surface area (Å²) in [7, 11) is -3.47. The summed E-state index contributed by atoms with van der Waals surface area (Å²) in [6.07, 6.45) is 1.65. The molecule has 2 aromatic rings. The van der Waals surface area contributed by atoms with E-state index in [4.69, 9.17) is 27.9 Å². The predicted molar refractivity (Wildman–Crippen MR) is 132 cm³/mol. The molecule has 1 saturated carbocycles. The number of carbonyl (C=O) groups excluding carboxylic acids is 1. The Morgan fingerprint density at radius 1 is 1.03 bits per heavy atom. The van der Waals surface area contributed by atoms with Crippen molar-refractivity contribution >= 4 is 39.3 Å². The van der Waals surface area contributed by atoms with Crippen LogP contribution in [0.2, 0.25) is 10.0 Å². The summed E-state index contributed by atoms with van der Waals surface area (Å²) < 4.78 is 32.9. The van der Waals surface area contributed by atoms with E-state index in [0.717, 1.165) is 37.1 Å². The van der Waals surface area contributed by atoms with Gasteiger partial charge in [0, 0.05) is 38.8 Å². The van der Waals surface area contributed by atoms with Crippen LogP contribution < -0.4 is 15.4 Å². The summed E-state index contributed by atoms with van der Waals surface area (Å²) in [6, 6.07) is 11.9. The van der Waals surface area contributed by atoms with E-state index in [9.17, 15) is 13.2 Å². The fraction of sp³-hybridized carbons (Fsp3) is 0.435. The van der Waals surface area contributed by atoms with E-state index in [2.05, 4.69) is 20.3 Å². The van der Waals surface area contributed by atoms with Crippen molar-refractivity contribution in [3.63, 3.8) is 0 Å². The summed E-state index contributed by atoms with van der Waals surface area (Å²) in [5.74, 6) is 0. The predicted octanol–water partition coefficient (Wildman–Crippen LogP) is 3.13. The Morgan fingerprint density at radius 2 is 1.76 bits per heavy atom. The minimum absolute atomic E-state index is 0.0613. The smallest absolute Gasteiger partial charge is 0.315 e. The van der Waals surface area contributed by atoms with E-state index in [0.29, 0.717) is 29.7 Å². The molecule has 2 aromatic carbocycles. The lowest BCUT2D eigenvalue weighted by Gasteiger charge is -2.33. The van der Waals surface area contributed by atoms with Crippen molar-refractivity contribution in [3.05, 3.63) is 63.6 Å². The second-order valence-electron chi connectivity index (χ2n) is 8.58. The summed E-state index contributed by atoms with van der Waals surface area (Å²) in [5, 5.41) is 6.70. The van der Waals surface area contributed by atoms with E-state index in [1.165, 1.54) is 0 Å². The van der Waals surface area contributed by atoms with Gasteiger partial charge in [0.05, 0.1) is 27.7 Å². The molecule has 8 nitrogen and oxygen atoms in total. The first kappa shape index (κ1) is 25.2. The molecule has 0 aromatic heterocycles. The second kappa shape index (κ2) is 11.2. The first-order valence-electron chi connectivity index (χ1n) is 11.2. The average Bonchev–Trinajstić information content (AvgIpc) is 3.63. The van der Waals surface area contributed by atoms with E-state index in [1.54, 1.807) is 30.3 Å². The number of rotatable bonds is 9. The van der Waals surface area contributed by atoms with Gasteiger partial charge in [-0.1, -0.05) is 41.4 Å². The van der Waals surface area contributed by atoms with Crippen molar-refractivity contribution in [3.8, 4) is 0 Å². The molecule has 2 fully saturated rings. The fourth-order valence-electron chi connectivity index (χ4n) is 3.67. The van der Waals surface area contributed by atoms with Crippen LogP contribution in [0.3, 0.4) is 0 Å². The van der Waals surface area contributed by atoms with Gasteiger partial charge in [-0.15, -0.1) is 0 Å². The standard InChI is InChI=1S/C23H28Cl2N4O4S/c24-21-8-3-17(11-22(21)25)14-29-9-10-33-19(15-29)13-27-23(30)26-12-16-1-6-20(7-2-16)34(31,32)28-18-4-5-18/h1-3,6-8,11,18-19,28H,4-5,9-10,12-15H2,(H2,26,27,30)/t19-/m0/s1. The maximum Gasteiger partial charge on any atom is 0.315 e. The molecule has 34 heavy (non-hydrogen) atoms. The van der Waals surface area contributed by atoms with Gasteiger partial charge in [0.1, 0.15) is 0 Å². The van der Waals surface area contributed by atoms with E-state index in [1.807, 2.05) is 12.1 Å². The fourth-order valence-corrected chi connectivity index (χ4v) is 5.30. The van der Waals surface area contributed by atoms with Gasteiger partial charge in [-0.25, -0.2) is 17.9 Å². The number of nitrogens with one attached hydrogen (secondary N) is 3. The van der Waals surface area contributed by atoms with Crippen LogP contribution in [0.4, 0.5) is 4.79 Å². The Labute approximate surface area is 210 Å². The van der Waals surface area contributed by atoms with Crippen LogP contribution in [0.1, 0.15) is 24.0 Å². The van der Waals surface area contributed by atoms with Crippen LogP contribution in [0.5, 0.6) is 0 Å². The van der Waals surface area contributed by atoms with Crippen molar-refractivity contribution in [2.75, 3.05) is 26.2 Å². The van der Waals surface area contributed by atoms with Gasteiger partial charge < -0.3 is 15.4 Å². The van der Waals surface area contributed by atoms with E-state index >= 15 is 0 Å². The first-order valence-corrected chi connectivity index (χ1v) is 13.4. The molecule has 184 valence electrons. The molecule has 4 rings (SSSR count). The number of amides is 2. The third kappa shape index (κ3) is 7.31. The lowest BCUT2D eigenvalue weighted by Crippen LogP contribution is -2.48. The third-order valence-corrected chi connectivity index (χ3v) is 7.96. The van der Waals surface area contributed by atoms with Crippen LogP contribution in [-0.2, 0) is 27.8 Å². The highest BCUT2D eigenvalue weighted by molar-refractivity contribution is 7.89. The number of nitrogens with zero attached hydrogens (tertiary/aromatic N) is 1. The number of halogens is 2. The topological polar surface area (TPSA) is 99.8 Å². The zero-order chi connectivity index (χ0) is 24.1. The maximum atomic E-state index is 12.2. The van der Waals surface area contributed by atoms with Crippen LogP contribution in [0.15, 0.2) is 47.4 Å². The first-order chi connectivity index (χ1) is 16.3. The van der Waals surface area contributed by atoms with Gasteiger partial charge in [0.25, 0.3) is 0 Å². The SMILES string of the molecule is O=C(NCc1ccc(S(=O)(=O)NC2CC2)cc1)NC[C@H]1CN(Cc2ccc(Cl)c(Cl)c2)CCO1. The zero-order valence-corrected chi connectivity index (χ0v) is 20.9. The monoisotopic (exact) mass is 526 g/mol. The van der Waals surface area contributed by atoms with Crippen LogP contribution >= 0.6 is 23.2 Å². The Morgan fingerprint density at radius 3 is 2.47 bits per heavy atom. The molecule has 0 unspecified atom stereocenters. The van der Waals surface area contributed by atoms with Crippen LogP contribution in [0, 0.1) is 0 Å². The second-order valence-corrected chi connectivity index (χ2v) is 11.1. The van der Waals surface area contributed by atoms with Crippen molar-refractivity contribution < 1.29 is 17.9 Å². The zero-order valence-electron chi connectivity index (χ0n) is 18.6. The highest BCUT2D eigenvalue weighted by atomic mass is 35.5. The molecule has 1 aliphatic carbocycles.